The lowest BCUT2D eigenvalue weighted by Gasteiger charge is -2.08. The highest BCUT2D eigenvalue weighted by atomic mass is 79.9. The fraction of sp³-hybridized carbons (Fsp3) is 0.250. The van der Waals surface area contributed by atoms with Gasteiger partial charge in [-0.1, -0.05) is 15.9 Å². The van der Waals surface area contributed by atoms with Gasteiger partial charge in [0.2, 0.25) is 5.88 Å². The van der Waals surface area contributed by atoms with Crippen molar-refractivity contribution < 1.29 is 17.9 Å². The maximum atomic E-state index is 11.8. The largest absolute Gasteiger partial charge is 0.574 e. The van der Waals surface area contributed by atoms with E-state index in [9.17, 15) is 13.2 Å². The molecule has 0 saturated carbocycles. The van der Waals surface area contributed by atoms with Crippen LogP contribution in [0, 0.1) is 11.3 Å². The summed E-state index contributed by atoms with van der Waals surface area (Å²) in [7, 11) is 0. The molecule has 0 fully saturated rings. The predicted molar refractivity (Wildman–Crippen MR) is 48.3 cm³/mol. The number of halogens is 4. The number of nitrogens with zero attached hydrogens (tertiary/aromatic N) is 2. The molecular formula is C8H4BrF3N2O. The molecule has 0 saturated heterocycles. The molecule has 0 bridgehead atoms. The highest BCUT2D eigenvalue weighted by Crippen LogP contribution is 2.23. The molecule has 80 valence electrons. The van der Waals surface area contributed by atoms with E-state index in [-0.39, 0.29) is 5.56 Å². The summed E-state index contributed by atoms with van der Waals surface area (Å²) in [5.41, 5.74) is 0.605. The monoisotopic (exact) mass is 280 g/mol. The molecule has 1 aromatic rings. The van der Waals surface area contributed by atoms with Crippen molar-refractivity contribution in [3.8, 4) is 11.9 Å². The first-order valence-corrected chi connectivity index (χ1v) is 4.79. The van der Waals surface area contributed by atoms with Gasteiger partial charge in [-0.2, -0.15) is 5.26 Å². The van der Waals surface area contributed by atoms with E-state index >= 15 is 0 Å². The van der Waals surface area contributed by atoms with E-state index in [1.807, 2.05) is 0 Å². The Bertz CT molecular complexity index is 400. The highest BCUT2D eigenvalue weighted by Gasteiger charge is 2.31. The van der Waals surface area contributed by atoms with E-state index in [1.165, 1.54) is 0 Å². The van der Waals surface area contributed by atoms with Crippen molar-refractivity contribution in [1.82, 2.24) is 4.98 Å². The molecule has 0 aliphatic rings. The standard InChI is InChI=1S/C8H4BrF3N2O/c9-2-6-4-14-7(1-5(6)3-13)15-8(10,11)12/h1,4H,2H2. The van der Waals surface area contributed by atoms with Crippen molar-refractivity contribution in [2.45, 2.75) is 11.7 Å². The maximum absolute atomic E-state index is 11.8. The lowest BCUT2D eigenvalue weighted by atomic mass is 10.2. The summed E-state index contributed by atoms with van der Waals surface area (Å²) < 4.78 is 39.0. The van der Waals surface area contributed by atoms with Crippen LogP contribution in [-0.4, -0.2) is 11.3 Å². The van der Waals surface area contributed by atoms with E-state index < -0.39 is 12.2 Å². The van der Waals surface area contributed by atoms with Crippen LogP contribution < -0.4 is 4.74 Å². The Hall–Kier alpha value is -1.29. The second kappa shape index (κ2) is 4.49. The molecule has 15 heavy (non-hydrogen) atoms. The van der Waals surface area contributed by atoms with Crippen LogP contribution in [0.1, 0.15) is 11.1 Å². The van der Waals surface area contributed by atoms with Crippen molar-refractivity contribution in [1.29, 1.82) is 5.26 Å². The molecule has 0 radical (unpaired) electrons. The molecule has 7 heteroatoms. The van der Waals surface area contributed by atoms with Crippen LogP contribution in [-0.2, 0) is 5.33 Å². The molecule has 0 aromatic carbocycles. The van der Waals surface area contributed by atoms with Crippen molar-refractivity contribution in [3.63, 3.8) is 0 Å². The first-order valence-electron chi connectivity index (χ1n) is 3.67. The molecule has 0 aliphatic carbocycles. The number of aromatic nitrogens is 1. The third-order valence-electron chi connectivity index (χ3n) is 1.45. The fourth-order valence-corrected chi connectivity index (χ4v) is 1.30. The number of nitriles is 1. The Balaban J connectivity index is 3.00. The molecule has 3 nitrogen and oxygen atoms in total. The summed E-state index contributed by atoms with van der Waals surface area (Å²) in [4.78, 5) is 3.42. The number of hydrogen-bond acceptors (Lipinski definition) is 3. The summed E-state index contributed by atoms with van der Waals surface area (Å²) in [5.74, 6) is -0.635. The van der Waals surface area contributed by atoms with E-state index in [0.29, 0.717) is 10.9 Å². The van der Waals surface area contributed by atoms with Gasteiger partial charge in [0.25, 0.3) is 0 Å². The smallest absolute Gasteiger partial charge is 0.388 e. The van der Waals surface area contributed by atoms with Crippen molar-refractivity contribution in [2.24, 2.45) is 0 Å². The second-order valence-corrected chi connectivity index (χ2v) is 3.03. The number of pyridine rings is 1. The van der Waals surface area contributed by atoms with Gasteiger partial charge in [-0.15, -0.1) is 13.2 Å². The van der Waals surface area contributed by atoms with Gasteiger partial charge in [-0.05, 0) is 5.56 Å². The average molecular weight is 281 g/mol. The zero-order valence-corrected chi connectivity index (χ0v) is 8.76. The Labute approximate surface area is 91.6 Å². The zero-order chi connectivity index (χ0) is 11.5. The lowest BCUT2D eigenvalue weighted by molar-refractivity contribution is -0.276. The number of hydrogen-bond donors (Lipinski definition) is 0. The van der Waals surface area contributed by atoms with Gasteiger partial charge in [0.1, 0.15) is 0 Å². The Morgan fingerprint density at radius 2 is 2.20 bits per heavy atom. The summed E-state index contributed by atoms with van der Waals surface area (Å²) >= 11 is 3.08. The van der Waals surface area contributed by atoms with E-state index in [2.05, 4.69) is 25.7 Å². The summed E-state index contributed by atoms with van der Waals surface area (Å²) in [6, 6.07) is 2.70. The molecule has 1 aromatic heterocycles. The normalized spacial score (nSPS) is 10.9. The summed E-state index contributed by atoms with van der Waals surface area (Å²) in [6.45, 7) is 0. The fourth-order valence-electron chi connectivity index (χ4n) is 0.849. The summed E-state index contributed by atoms with van der Waals surface area (Å²) in [5, 5.41) is 8.98. The van der Waals surface area contributed by atoms with Crippen LogP contribution in [0.15, 0.2) is 12.3 Å². The minimum atomic E-state index is -4.80. The van der Waals surface area contributed by atoms with E-state index in [4.69, 9.17) is 5.26 Å². The molecule has 0 aliphatic heterocycles. The SMILES string of the molecule is N#Cc1cc(OC(F)(F)F)ncc1CBr. The third kappa shape index (κ3) is 3.40. The molecular weight excluding hydrogens is 277 g/mol. The first kappa shape index (κ1) is 11.8. The quantitative estimate of drug-likeness (QED) is 0.783. The van der Waals surface area contributed by atoms with Crippen LogP contribution in [0.4, 0.5) is 13.2 Å². The highest BCUT2D eigenvalue weighted by molar-refractivity contribution is 9.08. The summed E-state index contributed by atoms with van der Waals surface area (Å²) in [6.07, 6.45) is -3.63. The van der Waals surface area contributed by atoms with Gasteiger partial charge in [0.15, 0.2) is 0 Å². The van der Waals surface area contributed by atoms with Crippen LogP contribution in [0.3, 0.4) is 0 Å². The maximum Gasteiger partial charge on any atom is 0.574 e. The average Bonchev–Trinajstić information content (AvgIpc) is 2.15. The van der Waals surface area contributed by atoms with Crippen molar-refractivity contribution in [3.05, 3.63) is 23.4 Å². The molecule has 0 atom stereocenters. The third-order valence-corrected chi connectivity index (χ3v) is 2.05. The molecule has 0 amide bonds. The van der Waals surface area contributed by atoms with E-state index in [1.54, 1.807) is 6.07 Å². The molecule has 0 spiro atoms. The van der Waals surface area contributed by atoms with Gasteiger partial charge >= 0.3 is 6.36 Å². The Morgan fingerprint density at radius 1 is 1.53 bits per heavy atom. The van der Waals surface area contributed by atoms with E-state index in [0.717, 1.165) is 12.3 Å². The molecule has 1 heterocycles. The molecule has 0 N–H and O–H groups in total. The van der Waals surface area contributed by atoms with Crippen LogP contribution in [0.25, 0.3) is 0 Å². The Morgan fingerprint density at radius 3 is 2.67 bits per heavy atom. The van der Waals surface area contributed by atoms with Gasteiger partial charge < -0.3 is 4.74 Å². The Kier molecular flexibility index (Phi) is 3.52. The lowest BCUT2D eigenvalue weighted by Crippen LogP contribution is -2.18. The van der Waals surface area contributed by atoms with Crippen LogP contribution in [0.2, 0.25) is 0 Å². The first-order chi connectivity index (χ1) is 6.96. The minimum absolute atomic E-state index is 0.0983. The van der Waals surface area contributed by atoms with Gasteiger partial charge in [0.05, 0.1) is 11.6 Å². The second-order valence-electron chi connectivity index (χ2n) is 2.47. The van der Waals surface area contributed by atoms with Gasteiger partial charge in [-0.3, -0.25) is 0 Å². The topological polar surface area (TPSA) is 45.9 Å². The van der Waals surface area contributed by atoms with Crippen LogP contribution in [0.5, 0.6) is 5.88 Å². The number of alkyl halides is 4. The van der Waals surface area contributed by atoms with Crippen molar-refractivity contribution in [2.75, 3.05) is 0 Å². The number of ether oxygens (including phenoxy) is 1. The van der Waals surface area contributed by atoms with Crippen molar-refractivity contribution >= 4 is 15.9 Å². The minimum Gasteiger partial charge on any atom is -0.388 e. The number of rotatable bonds is 2. The molecule has 0 unspecified atom stereocenters. The van der Waals surface area contributed by atoms with Crippen LogP contribution >= 0.6 is 15.9 Å². The van der Waals surface area contributed by atoms with Gasteiger partial charge in [-0.25, -0.2) is 4.98 Å². The van der Waals surface area contributed by atoms with Gasteiger partial charge in [0, 0.05) is 17.6 Å². The zero-order valence-electron chi connectivity index (χ0n) is 7.18. The predicted octanol–water partition coefficient (Wildman–Crippen LogP) is 2.75. The molecule has 1 rings (SSSR count).